The predicted molar refractivity (Wildman–Crippen MR) is 106 cm³/mol. The summed E-state index contributed by atoms with van der Waals surface area (Å²) in [7, 11) is 0. The molecule has 0 radical (unpaired) electrons. The van der Waals surface area contributed by atoms with Gasteiger partial charge in [-0.25, -0.2) is 4.39 Å². The maximum atomic E-state index is 13.5. The number of piperazine rings is 1. The summed E-state index contributed by atoms with van der Waals surface area (Å²) in [6.07, 6.45) is 0.900. The van der Waals surface area contributed by atoms with Gasteiger partial charge in [0.1, 0.15) is 5.82 Å². The van der Waals surface area contributed by atoms with Crippen molar-refractivity contribution in [2.24, 2.45) is 0 Å². The molecule has 2 aromatic rings. The van der Waals surface area contributed by atoms with Crippen molar-refractivity contribution in [3.8, 4) is 0 Å². The van der Waals surface area contributed by atoms with Gasteiger partial charge in [-0.05, 0) is 42.7 Å². The standard InChI is InChI=1S/C22H24FN3O2/c1-16-6-7-18(23)14-19(16)22(28)25-12-10-24(11-13-25)15-21(27)26-9-8-17-4-2-3-5-20(17)26/h2-7,14H,8-13,15H2,1H3. The number of amides is 2. The lowest BCUT2D eigenvalue weighted by Crippen LogP contribution is -2.51. The molecule has 0 aliphatic carbocycles. The summed E-state index contributed by atoms with van der Waals surface area (Å²) in [4.78, 5) is 31.2. The van der Waals surface area contributed by atoms with Gasteiger partial charge in [-0.2, -0.15) is 0 Å². The number of nitrogens with zero attached hydrogens (tertiary/aromatic N) is 3. The van der Waals surface area contributed by atoms with Gasteiger partial charge >= 0.3 is 0 Å². The Kier molecular flexibility index (Phi) is 5.13. The highest BCUT2D eigenvalue weighted by atomic mass is 19.1. The van der Waals surface area contributed by atoms with Gasteiger partial charge in [0.05, 0.1) is 6.54 Å². The van der Waals surface area contributed by atoms with E-state index in [0.717, 1.165) is 24.2 Å². The van der Waals surface area contributed by atoms with E-state index in [9.17, 15) is 14.0 Å². The fourth-order valence-corrected chi connectivity index (χ4v) is 3.98. The van der Waals surface area contributed by atoms with Crippen LogP contribution in [0.1, 0.15) is 21.5 Å². The first kappa shape index (κ1) is 18.6. The molecule has 0 spiro atoms. The molecule has 0 aromatic heterocycles. The SMILES string of the molecule is Cc1ccc(F)cc1C(=O)N1CCN(CC(=O)N2CCc3ccccc32)CC1. The smallest absolute Gasteiger partial charge is 0.254 e. The van der Waals surface area contributed by atoms with Crippen molar-refractivity contribution >= 4 is 17.5 Å². The molecule has 2 heterocycles. The van der Waals surface area contributed by atoms with E-state index in [1.54, 1.807) is 11.0 Å². The minimum absolute atomic E-state index is 0.103. The number of carbonyl (C=O) groups excluding carboxylic acids is 2. The summed E-state index contributed by atoms with van der Waals surface area (Å²) in [6, 6.07) is 12.3. The molecule has 0 bridgehead atoms. The molecule has 2 aliphatic heterocycles. The first-order chi connectivity index (χ1) is 13.5. The van der Waals surface area contributed by atoms with E-state index in [0.29, 0.717) is 38.3 Å². The zero-order chi connectivity index (χ0) is 19.7. The van der Waals surface area contributed by atoms with Crippen LogP contribution in [0.5, 0.6) is 0 Å². The third kappa shape index (κ3) is 3.64. The summed E-state index contributed by atoms with van der Waals surface area (Å²) >= 11 is 0. The summed E-state index contributed by atoms with van der Waals surface area (Å²) in [5.74, 6) is -0.439. The Morgan fingerprint density at radius 2 is 1.75 bits per heavy atom. The van der Waals surface area contributed by atoms with E-state index in [2.05, 4.69) is 11.0 Å². The third-order valence-electron chi connectivity index (χ3n) is 5.64. The van der Waals surface area contributed by atoms with Gasteiger partial charge in [-0.15, -0.1) is 0 Å². The van der Waals surface area contributed by atoms with Crippen LogP contribution in [-0.2, 0) is 11.2 Å². The topological polar surface area (TPSA) is 43.9 Å². The molecule has 28 heavy (non-hydrogen) atoms. The van der Waals surface area contributed by atoms with Crippen LogP contribution in [0, 0.1) is 12.7 Å². The molecule has 2 aliphatic rings. The van der Waals surface area contributed by atoms with Crippen LogP contribution in [-0.4, -0.2) is 60.9 Å². The number of benzene rings is 2. The van der Waals surface area contributed by atoms with E-state index in [4.69, 9.17) is 0 Å². The molecule has 4 rings (SSSR count). The number of halogens is 1. The monoisotopic (exact) mass is 381 g/mol. The Bertz CT molecular complexity index is 906. The minimum Gasteiger partial charge on any atom is -0.336 e. The number of hydrogen-bond donors (Lipinski definition) is 0. The van der Waals surface area contributed by atoms with Crippen LogP contribution < -0.4 is 4.90 Å². The van der Waals surface area contributed by atoms with Crippen molar-refractivity contribution in [1.82, 2.24) is 9.80 Å². The molecular weight excluding hydrogens is 357 g/mol. The molecule has 146 valence electrons. The van der Waals surface area contributed by atoms with Crippen molar-refractivity contribution in [2.45, 2.75) is 13.3 Å². The number of anilines is 1. The second kappa shape index (κ2) is 7.72. The lowest BCUT2D eigenvalue weighted by Gasteiger charge is -2.35. The number of hydrogen-bond acceptors (Lipinski definition) is 3. The number of fused-ring (bicyclic) bond motifs is 1. The Morgan fingerprint density at radius 3 is 2.54 bits per heavy atom. The van der Waals surface area contributed by atoms with E-state index >= 15 is 0 Å². The highest BCUT2D eigenvalue weighted by Gasteiger charge is 2.28. The molecule has 1 saturated heterocycles. The lowest BCUT2D eigenvalue weighted by molar-refractivity contribution is -0.120. The van der Waals surface area contributed by atoms with E-state index < -0.39 is 5.82 Å². The maximum Gasteiger partial charge on any atom is 0.254 e. The van der Waals surface area contributed by atoms with Crippen LogP contribution >= 0.6 is 0 Å². The quantitative estimate of drug-likeness (QED) is 0.821. The zero-order valence-electron chi connectivity index (χ0n) is 16.0. The molecule has 2 aromatic carbocycles. The van der Waals surface area contributed by atoms with Crippen molar-refractivity contribution in [3.05, 3.63) is 65.0 Å². The number of para-hydroxylation sites is 1. The molecule has 0 N–H and O–H groups in total. The van der Waals surface area contributed by atoms with Crippen molar-refractivity contribution in [1.29, 1.82) is 0 Å². The van der Waals surface area contributed by atoms with Gasteiger partial charge in [0, 0.05) is 44.0 Å². The summed E-state index contributed by atoms with van der Waals surface area (Å²) < 4.78 is 13.5. The number of carbonyl (C=O) groups is 2. The van der Waals surface area contributed by atoms with Crippen molar-refractivity contribution < 1.29 is 14.0 Å². The van der Waals surface area contributed by atoms with Gasteiger partial charge in [0.2, 0.25) is 5.91 Å². The Balaban J connectivity index is 1.34. The number of aryl methyl sites for hydroxylation is 1. The molecular formula is C22H24FN3O2. The molecule has 1 fully saturated rings. The van der Waals surface area contributed by atoms with Gasteiger partial charge < -0.3 is 9.80 Å². The lowest BCUT2D eigenvalue weighted by atomic mass is 10.1. The molecule has 0 atom stereocenters. The summed E-state index contributed by atoms with van der Waals surface area (Å²) in [6.45, 7) is 5.26. The average molecular weight is 381 g/mol. The Hall–Kier alpha value is -2.73. The highest BCUT2D eigenvalue weighted by Crippen LogP contribution is 2.27. The zero-order valence-corrected chi connectivity index (χ0v) is 16.0. The summed E-state index contributed by atoms with van der Waals surface area (Å²) in [5, 5.41) is 0. The fraction of sp³-hybridized carbons (Fsp3) is 0.364. The second-order valence-electron chi connectivity index (χ2n) is 7.45. The first-order valence-electron chi connectivity index (χ1n) is 9.69. The van der Waals surface area contributed by atoms with Crippen molar-refractivity contribution in [3.63, 3.8) is 0 Å². The third-order valence-corrected chi connectivity index (χ3v) is 5.64. The predicted octanol–water partition coefficient (Wildman–Crippen LogP) is 2.48. The van der Waals surface area contributed by atoms with Crippen LogP contribution in [0.2, 0.25) is 0 Å². The van der Waals surface area contributed by atoms with Crippen LogP contribution in [0.25, 0.3) is 0 Å². The van der Waals surface area contributed by atoms with Gasteiger partial charge in [-0.3, -0.25) is 14.5 Å². The van der Waals surface area contributed by atoms with E-state index in [1.807, 2.05) is 30.0 Å². The maximum absolute atomic E-state index is 13.5. The Morgan fingerprint density at radius 1 is 1.00 bits per heavy atom. The minimum atomic E-state index is -0.399. The molecule has 6 heteroatoms. The van der Waals surface area contributed by atoms with Crippen LogP contribution in [0.3, 0.4) is 0 Å². The van der Waals surface area contributed by atoms with Crippen molar-refractivity contribution in [2.75, 3.05) is 44.2 Å². The Labute approximate surface area is 164 Å². The van der Waals surface area contributed by atoms with Crippen LogP contribution in [0.4, 0.5) is 10.1 Å². The molecule has 2 amide bonds. The normalized spacial score (nSPS) is 16.9. The largest absolute Gasteiger partial charge is 0.336 e. The van der Waals surface area contributed by atoms with E-state index in [-0.39, 0.29) is 11.8 Å². The van der Waals surface area contributed by atoms with Crippen LogP contribution in [0.15, 0.2) is 42.5 Å². The molecule has 0 unspecified atom stereocenters. The first-order valence-corrected chi connectivity index (χ1v) is 9.69. The van der Waals surface area contributed by atoms with Gasteiger partial charge in [0.25, 0.3) is 5.91 Å². The highest BCUT2D eigenvalue weighted by molar-refractivity contribution is 5.97. The molecule has 0 saturated carbocycles. The number of rotatable bonds is 3. The fourth-order valence-electron chi connectivity index (χ4n) is 3.98. The second-order valence-corrected chi connectivity index (χ2v) is 7.45. The average Bonchev–Trinajstić information content (AvgIpc) is 3.14. The summed E-state index contributed by atoms with van der Waals surface area (Å²) in [5.41, 5.74) is 3.43. The van der Waals surface area contributed by atoms with Gasteiger partial charge in [-0.1, -0.05) is 24.3 Å². The van der Waals surface area contributed by atoms with E-state index in [1.165, 1.54) is 17.7 Å². The molecule has 5 nitrogen and oxygen atoms in total. The van der Waals surface area contributed by atoms with Gasteiger partial charge in [0.15, 0.2) is 0 Å².